The number of piperidine rings is 1. The van der Waals surface area contributed by atoms with Crippen LogP contribution in [0, 0.1) is 0 Å². The van der Waals surface area contributed by atoms with Crippen LogP contribution in [0.15, 0.2) is 78.2 Å². The van der Waals surface area contributed by atoms with E-state index in [4.69, 9.17) is 4.99 Å². The summed E-state index contributed by atoms with van der Waals surface area (Å²) in [4.78, 5) is 21.1. The molecular weight excluding hydrogens is 396 g/mol. The second kappa shape index (κ2) is 8.50. The van der Waals surface area contributed by atoms with Gasteiger partial charge in [0.25, 0.3) is 0 Å². The average Bonchev–Trinajstić information content (AvgIpc) is 3.21. The fourth-order valence-electron chi connectivity index (χ4n) is 4.76. The zero-order chi connectivity index (χ0) is 22.1. The SMILES string of the molecule is C=C1C(N2CCCCC2)=NC=CN1/C(=C(\C)c1ccccc1)c1ccc2c(c1)CC(=O)N2. The van der Waals surface area contributed by atoms with Crippen molar-refractivity contribution in [2.75, 3.05) is 18.4 Å². The highest BCUT2D eigenvalue weighted by Crippen LogP contribution is 2.36. The van der Waals surface area contributed by atoms with Gasteiger partial charge in [0, 0.05) is 31.2 Å². The molecule has 0 unspecified atom stereocenters. The second-order valence-electron chi connectivity index (χ2n) is 8.55. The molecule has 0 bridgehead atoms. The van der Waals surface area contributed by atoms with Gasteiger partial charge in [0.1, 0.15) is 0 Å². The lowest BCUT2D eigenvalue weighted by molar-refractivity contribution is -0.115. The van der Waals surface area contributed by atoms with Gasteiger partial charge in [0.05, 0.1) is 17.8 Å². The molecular formula is C27H28N4O. The molecule has 1 fully saturated rings. The van der Waals surface area contributed by atoms with E-state index < -0.39 is 0 Å². The molecule has 0 radical (unpaired) electrons. The Balaban J connectivity index is 1.59. The average molecular weight is 425 g/mol. The summed E-state index contributed by atoms with van der Waals surface area (Å²) < 4.78 is 0. The van der Waals surface area contributed by atoms with Crippen molar-refractivity contribution in [3.8, 4) is 0 Å². The van der Waals surface area contributed by atoms with E-state index in [2.05, 4.69) is 65.0 Å². The number of anilines is 1. The van der Waals surface area contributed by atoms with E-state index in [1.165, 1.54) is 19.3 Å². The van der Waals surface area contributed by atoms with Gasteiger partial charge in [-0.15, -0.1) is 0 Å². The molecule has 5 nitrogen and oxygen atoms in total. The van der Waals surface area contributed by atoms with Crippen LogP contribution >= 0.6 is 0 Å². The van der Waals surface area contributed by atoms with Crippen molar-refractivity contribution in [3.63, 3.8) is 0 Å². The molecule has 3 heterocycles. The molecule has 0 spiro atoms. The smallest absolute Gasteiger partial charge is 0.228 e. The van der Waals surface area contributed by atoms with E-state index in [0.717, 1.165) is 58.3 Å². The van der Waals surface area contributed by atoms with Gasteiger partial charge >= 0.3 is 0 Å². The van der Waals surface area contributed by atoms with Crippen LogP contribution in [0.4, 0.5) is 5.69 Å². The third-order valence-corrected chi connectivity index (χ3v) is 6.42. The summed E-state index contributed by atoms with van der Waals surface area (Å²) in [5.74, 6) is 0.993. The topological polar surface area (TPSA) is 47.9 Å². The zero-order valence-electron chi connectivity index (χ0n) is 18.5. The molecule has 1 saturated heterocycles. The number of amidine groups is 1. The quantitative estimate of drug-likeness (QED) is 0.684. The molecule has 5 rings (SSSR count). The summed E-state index contributed by atoms with van der Waals surface area (Å²) in [5, 5.41) is 2.94. The second-order valence-corrected chi connectivity index (χ2v) is 8.55. The largest absolute Gasteiger partial charge is 0.355 e. The molecule has 1 amide bonds. The number of aliphatic imine (C=N–C) groups is 1. The predicted octanol–water partition coefficient (Wildman–Crippen LogP) is 5.25. The summed E-state index contributed by atoms with van der Waals surface area (Å²) in [6, 6.07) is 16.6. The van der Waals surface area contributed by atoms with Crippen molar-refractivity contribution in [2.24, 2.45) is 4.99 Å². The van der Waals surface area contributed by atoms with Crippen LogP contribution in [0.2, 0.25) is 0 Å². The van der Waals surface area contributed by atoms with E-state index in [1.54, 1.807) is 0 Å². The summed E-state index contributed by atoms with van der Waals surface area (Å²) in [6.07, 6.45) is 7.93. The highest BCUT2D eigenvalue weighted by molar-refractivity contribution is 6.03. The molecule has 2 aromatic rings. The molecule has 32 heavy (non-hydrogen) atoms. The Kier molecular flexibility index (Phi) is 5.39. The minimum Gasteiger partial charge on any atom is -0.355 e. The first-order chi connectivity index (χ1) is 15.6. The highest BCUT2D eigenvalue weighted by Gasteiger charge is 2.27. The Morgan fingerprint density at radius 1 is 1.03 bits per heavy atom. The number of likely N-dealkylation sites (tertiary alicyclic amines) is 1. The molecule has 0 atom stereocenters. The summed E-state index contributed by atoms with van der Waals surface area (Å²) in [5.41, 5.74) is 7.24. The van der Waals surface area contributed by atoms with E-state index in [-0.39, 0.29) is 5.91 Å². The third-order valence-electron chi connectivity index (χ3n) is 6.42. The lowest BCUT2D eigenvalue weighted by Crippen LogP contribution is -2.40. The van der Waals surface area contributed by atoms with Crippen LogP contribution in [0.3, 0.4) is 0 Å². The number of allylic oxidation sites excluding steroid dienone is 1. The predicted molar refractivity (Wildman–Crippen MR) is 131 cm³/mol. The van der Waals surface area contributed by atoms with Crippen LogP contribution in [0.1, 0.15) is 42.9 Å². The monoisotopic (exact) mass is 424 g/mol. The lowest BCUT2D eigenvalue weighted by Gasteiger charge is -2.37. The van der Waals surface area contributed by atoms with Gasteiger partial charge < -0.3 is 15.1 Å². The van der Waals surface area contributed by atoms with Crippen LogP contribution in [0.25, 0.3) is 11.3 Å². The van der Waals surface area contributed by atoms with Gasteiger partial charge in [-0.05, 0) is 60.6 Å². The van der Waals surface area contributed by atoms with Gasteiger partial charge in [-0.25, -0.2) is 4.99 Å². The van der Waals surface area contributed by atoms with Gasteiger partial charge in [-0.1, -0.05) is 43.0 Å². The fourth-order valence-corrected chi connectivity index (χ4v) is 4.76. The van der Waals surface area contributed by atoms with Crippen molar-refractivity contribution < 1.29 is 4.79 Å². The van der Waals surface area contributed by atoms with Crippen LogP contribution in [-0.2, 0) is 11.2 Å². The van der Waals surface area contributed by atoms with Crippen LogP contribution in [0.5, 0.6) is 0 Å². The molecule has 162 valence electrons. The molecule has 3 aliphatic rings. The number of hydrogen-bond donors (Lipinski definition) is 1. The van der Waals surface area contributed by atoms with E-state index in [0.29, 0.717) is 6.42 Å². The number of nitrogens with one attached hydrogen (secondary N) is 1. The molecule has 0 aromatic heterocycles. The van der Waals surface area contributed by atoms with Crippen LogP contribution in [-0.4, -0.2) is 34.6 Å². The first-order valence-electron chi connectivity index (χ1n) is 11.3. The Bertz CT molecular complexity index is 1150. The minimum absolute atomic E-state index is 0.0456. The van der Waals surface area contributed by atoms with Crippen molar-refractivity contribution in [1.82, 2.24) is 9.80 Å². The molecule has 2 aromatic carbocycles. The van der Waals surface area contributed by atoms with Crippen molar-refractivity contribution in [3.05, 3.63) is 89.9 Å². The fraction of sp³-hybridized carbons (Fsp3) is 0.259. The van der Waals surface area contributed by atoms with Crippen molar-refractivity contribution in [2.45, 2.75) is 32.6 Å². The minimum atomic E-state index is 0.0456. The Morgan fingerprint density at radius 2 is 1.81 bits per heavy atom. The zero-order valence-corrected chi connectivity index (χ0v) is 18.5. The summed E-state index contributed by atoms with van der Waals surface area (Å²) in [7, 11) is 0. The number of amides is 1. The number of carbonyl (C=O) groups is 1. The van der Waals surface area contributed by atoms with Gasteiger partial charge in [-0.2, -0.15) is 0 Å². The lowest BCUT2D eigenvalue weighted by atomic mass is 9.97. The number of fused-ring (bicyclic) bond motifs is 1. The van der Waals surface area contributed by atoms with Gasteiger partial charge in [-0.3, -0.25) is 4.79 Å². The molecule has 5 heteroatoms. The maximum absolute atomic E-state index is 11.9. The molecule has 1 N–H and O–H groups in total. The number of carbonyl (C=O) groups excluding carboxylic acids is 1. The number of nitrogens with zero attached hydrogens (tertiary/aromatic N) is 3. The molecule has 3 aliphatic heterocycles. The first-order valence-corrected chi connectivity index (χ1v) is 11.3. The summed E-state index contributed by atoms with van der Waals surface area (Å²) in [6.45, 7) is 8.64. The Hall–Kier alpha value is -3.60. The van der Waals surface area contributed by atoms with Crippen molar-refractivity contribution in [1.29, 1.82) is 0 Å². The third kappa shape index (κ3) is 3.75. The van der Waals surface area contributed by atoms with E-state index in [9.17, 15) is 4.79 Å². The van der Waals surface area contributed by atoms with Crippen molar-refractivity contribution >= 4 is 28.7 Å². The van der Waals surface area contributed by atoms with Crippen LogP contribution < -0.4 is 5.32 Å². The number of hydrogen-bond acceptors (Lipinski definition) is 4. The van der Waals surface area contributed by atoms with Gasteiger partial charge in [0.15, 0.2) is 5.84 Å². The molecule has 0 aliphatic carbocycles. The standard InChI is InChI=1S/C27H28N4O/c1-19(21-9-5-3-6-10-21)26(22-11-12-24-23(17-22)18-25(32)29-24)31-16-13-28-27(20(31)2)30-14-7-4-8-15-30/h3,5-6,9-13,16-17H,2,4,7-8,14-15,18H2,1H3,(H,29,32)/b26-19+. The Morgan fingerprint density at radius 3 is 2.59 bits per heavy atom. The normalized spacial score (nSPS) is 18.8. The number of rotatable bonds is 3. The van der Waals surface area contributed by atoms with E-state index >= 15 is 0 Å². The maximum Gasteiger partial charge on any atom is 0.228 e. The first kappa shape index (κ1) is 20.3. The number of benzene rings is 2. The summed E-state index contributed by atoms with van der Waals surface area (Å²) >= 11 is 0. The maximum atomic E-state index is 11.9. The van der Waals surface area contributed by atoms with Gasteiger partial charge in [0.2, 0.25) is 5.91 Å². The molecule has 0 saturated carbocycles. The van der Waals surface area contributed by atoms with E-state index in [1.807, 2.05) is 24.5 Å². The Labute approximate surface area is 189 Å². The highest BCUT2D eigenvalue weighted by atomic mass is 16.1.